The third kappa shape index (κ3) is 7.08. The van der Waals surface area contributed by atoms with E-state index in [2.05, 4.69) is 20.1 Å². The Bertz CT molecular complexity index is 883. The third-order valence-corrected chi connectivity index (χ3v) is 6.82. The Kier molecular flexibility index (Phi) is 8.84. The highest BCUT2D eigenvalue weighted by Gasteiger charge is 2.28. The van der Waals surface area contributed by atoms with Gasteiger partial charge in [-0.25, -0.2) is 0 Å². The number of likely N-dealkylation sites (tertiary alicyclic amines) is 1. The lowest BCUT2D eigenvalue weighted by atomic mass is 10.1. The number of carbonyl (C=O) groups excluding carboxylic acids is 1. The van der Waals surface area contributed by atoms with Crippen molar-refractivity contribution in [2.45, 2.75) is 51.0 Å². The van der Waals surface area contributed by atoms with Crippen molar-refractivity contribution in [1.29, 1.82) is 0 Å². The maximum atomic E-state index is 13.6. The Labute approximate surface area is 202 Å². The quantitative estimate of drug-likeness (QED) is 0.463. The highest BCUT2D eigenvalue weighted by Crippen LogP contribution is 2.28. The lowest BCUT2D eigenvalue weighted by Crippen LogP contribution is -2.40. The Morgan fingerprint density at radius 1 is 1.12 bits per heavy atom. The van der Waals surface area contributed by atoms with Gasteiger partial charge in [0.05, 0.1) is 0 Å². The summed E-state index contributed by atoms with van der Waals surface area (Å²) >= 11 is 6.38. The summed E-state index contributed by atoms with van der Waals surface area (Å²) in [7, 11) is 0. The van der Waals surface area contributed by atoms with Gasteiger partial charge in [-0.2, -0.15) is 0 Å². The Balaban J connectivity index is 1.35. The summed E-state index contributed by atoms with van der Waals surface area (Å²) in [5.41, 5.74) is 1.62. The number of benzene rings is 1. The minimum Gasteiger partial charge on any atom is -0.492 e. The fourth-order valence-corrected chi connectivity index (χ4v) is 5.13. The molecule has 4 rings (SSSR count). The van der Waals surface area contributed by atoms with Crippen LogP contribution in [0, 0.1) is 0 Å². The molecule has 0 radical (unpaired) electrons. The molecule has 1 saturated carbocycles. The van der Waals surface area contributed by atoms with Gasteiger partial charge in [0.2, 0.25) is 0 Å². The number of hydrogen-bond donors (Lipinski definition) is 1. The number of carbonyl (C=O) groups is 1. The van der Waals surface area contributed by atoms with Crippen molar-refractivity contribution in [3.63, 3.8) is 0 Å². The number of hydrogen-bond acceptors (Lipinski definition) is 5. The van der Waals surface area contributed by atoms with E-state index in [0.29, 0.717) is 35.5 Å². The highest BCUT2D eigenvalue weighted by molar-refractivity contribution is 6.31. The maximum Gasteiger partial charge on any atom is 0.254 e. The van der Waals surface area contributed by atoms with Crippen LogP contribution in [0.25, 0.3) is 0 Å². The fraction of sp³-hybridized carbons (Fsp3) is 0.538. The van der Waals surface area contributed by atoms with Crippen molar-refractivity contribution in [3.05, 3.63) is 53.3 Å². The second kappa shape index (κ2) is 12.2. The summed E-state index contributed by atoms with van der Waals surface area (Å²) in [5, 5.41) is 3.82. The molecule has 2 fully saturated rings. The standard InChI is InChI=1S/C26H35ClN4O2/c27-22-18-21(19-25(20-22)33-17-12-29-23-8-10-28-11-9-23)26(32)31(24-6-1-2-7-24)16-5-15-30-13-3-4-14-30/h8-11,18-20,24H,1-7,12-17H2,(H,28,29). The van der Waals surface area contributed by atoms with E-state index in [4.69, 9.17) is 16.3 Å². The van der Waals surface area contributed by atoms with E-state index in [9.17, 15) is 4.79 Å². The molecule has 7 heteroatoms. The molecule has 2 aliphatic rings. The van der Waals surface area contributed by atoms with Crippen LogP contribution in [0.5, 0.6) is 5.75 Å². The molecule has 6 nitrogen and oxygen atoms in total. The first-order chi connectivity index (χ1) is 16.2. The first-order valence-electron chi connectivity index (χ1n) is 12.3. The van der Waals surface area contributed by atoms with Crippen molar-refractivity contribution in [2.24, 2.45) is 0 Å². The van der Waals surface area contributed by atoms with Crippen LogP contribution in [0.2, 0.25) is 5.02 Å². The molecule has 0 spiro atoms. The van der Waals surface area contributed by atoms with E-state index in [1.807, 2.05) is 18.2 Å². The summed E-state index contributed by atoms with van der Waals surface area (Å²) < 4.78 is 5.91. The number of ether oxygens (including phenoxy) is 1. The van der Waals surface area contributed by atoms with Gasteiger partial charge in [0, 0.05) is 47.8 Å². The molecule has 1 saturated heterocycles. The van der Waals surface area contributed by atoms with E-state index in [1.165, 1.54) is 38.8 Å². The van der Waals surface area contributed by atoms with E-state index in [1.54, 1.807) is 24.5 Å². The van der Waals surface area contributed by atoms with Crippen LogP contribution in [0.3, 0.4) is 0 Å². The number of aromatic nitrogens is 1. The van der Waals surface area contributed by atoms with Crippen LogP contribution >= 0.6 is 11.6 Å². The lowest BCUT2D eigenvalue weighted by Gasteiger charge is -2.30. The van der Waals surface area contributed by atoms with Gasteiger partial charge in [-0.15, -0.1) is 0 Å². The minimum atomic E-state index is 0.0746. The maximum absolute atomic E-state index is 13.6. The second-order valence-electron chi connectivity index (χ2n) is 9.03. The van der Waals surface area contributed by atoms with Crippen molar-refractivity contribution in [1.82, 2.24) is 14.8 Å². The zero-order chi connectivity index (χ0) is 22.9. The topological polar surface area (TPSA) is 57.7 Å². The molecule has 1 aromatic carbocycles. The predicted octanol–water partition coefficient (Wildman–Crippen LogP) is 5.10. The number of halogens is 1. The molecule has 1 N–H and O–H groups in total. The second-order valence-corrected chi connectivity index (χ2v) is 9.46. The molecule has 0 unspecified atom stereocenters. The molecule has 2 aromatic rings. The van der Waals surface area contributed by atoms with Crippen LogP contribution in [-0.4, -0.2) is 66.1 Å². The number of pyridine rings is 1. The van der Waals surface area contributed by atoms with Crippen LogP contribution in [-0.2, 0) is 0 Å². The van der Waals surface area contributed by atoms with Gasteiger partial charge < -0.3 is 19.9 Å². The molecule has 33 heavy (non-hydrogen) atoms. The van der Waals surface area contributed by atoms with Crippen LogP contribution in [0.1, 0.15) is 55.3 Å². The van der Waals surface area contributed by atoms with Crippen molar-refractivity contribution in [2.75, 3.05) is 44.6 Å². The van der Waals surface area contributed by atoms with E-state index in [-0.39, 0.29) is 5.91 Å². The zero-order valence-electron chi connectivity index (χ0n) is 19.3. The molecule has 2 heterocycles. The van der Waals surface area contributed by atoms with Gasteiger partial charge in [0.1, 0.15) is 12.4 Å². The third-order valence-electron chi connectivity index (χ3n) is 6.60. The lowest BCUT2D eigenvalue weighted by molar-refractivity contribution is 0.0672. The molecule has 1 aliphatic carbocycles. The minimum absolute atomic E-state index is 0.0746. The molecule has 178 valence electrons. The summed E-state index contributed by atoms with van der Waals surface area (Å²) in [6.45, 7) is 5.39. The van der Waals surface area contributed by atoms with E-state index >= 15 is 0 Å². The first-order valence-corrected chi connectivity index (χ1v) is 12.7. The van der Waals surface area contributed by atoms with Crippen molar-refractivity contribution < 1.29 is 9.53 Å². The Morgan fingerprint density at radius 2 is 1.88 bits per heavy atom. The average molecular weight is 471 g/mol. The summed E-state index contributed by atoms with van der Waals surface area (Å²) in [5.74, 6) is 0.705. The van der Waals surface area contributed by atoms with Crippen molar-refractivity contribution >= 4 is 23.2 Å². The molecule has 1 aromatic heterocycles. The van der Waals surface area contributed by atoms with Crippen LogP contribution in [0.15, 0.2) is 42.7 Å². The molecular weight excluding hydrogens is 436 g/mol. The van der Waals surface area contributed by atoms with Gasteiger partial charge in [-0.1, -0.05) is 24.4 Å². The average Bonchev–Trinajstić information content (AvgIpc) is 3.54. The predicted molar refractivity (Wildman–Crippen MR) is 133 cm³/mol. The number of anilines is 1. The molecule has 0 bridgehead atoms. The van der Waals surface area contributed by atoms with Gasteiger partial charge in [-0.3, -0.25) is 9.78 Å². The number of nitrogens with zero attached hydrogens (tertiary/aromatic N) is 3. The summed E-state index contributed by atoms with van der Waals surface area (Å²) in [4.78, 5) is 22.2. The van der Waals surface area contributed by atoms with E-state index < -0.39 is 0 Å². The SMILES string of the molecule is O=C(c1cc(Cl)cc(OCCNc2ccncc2)c1)N(CCCN1CCCC1)C1CCCC1. The Hall–Kier alpha value is -2.31. The monoisotopic (exact) mass is 470 g/mol. The summed E-state index contributed by atoms with van der Waals surface area (Å²) in [6, 6.07) is 9.55. The highest BCUT2D eigenvalue weighted by atomic mass is 35.5. The number of nitrogens with one attached hydrogen (secondary N) is 1. The van der Waals surface area contributed by atoms with Gasteiger partial charge in [0.15, 0.2) is 0 Å². The Morgan fingerprint density at radius 3 is 2.64 bits per heavy atom. The fourth-order valence-electron chi connectivity index (χ4n) is 4.91. The smallest absolute Gasteiger partial charge is 0.254 e. The number of amides is 1. The molecule has 0 atom stereocenters. The molecular formula is C26H35ClN4O2. The molecule has 1 amide bonds. The zero-order valence-corrected chi connectivity index (χ0v) is 20.1. The first kappa shape index (κ1) is 23.8. The normalized spacial score (nSPS) is 16.8. The van der Waals surface area contributed by atoms with Gasteiger partial charge in [0.25, 0.3) is 5.91 Å². The van der Waals surface area contributed by atoms with E-state index in [0.717, 1.165) is 38.0 Å². The van der Waals surface area contributed by atoms with Crippen molar-refractivity contribution in [3.8, 4) is 5.75 Å². The van der Waals surface area contributed by atoms with Crippen LogP contribution in [0.4, 0.5) is 5.69 Å². The summed E-state index contributed by atoms with van der Waals surface area (Å²) in [6.07, 6.45) is 11.7. The number of rotatable bonds is 11. The molecule has 1 aliphatic heterocycles. The van der Waals surface area contributed by atoms with Crippen LogP contribution < -0.4 is 10.1 Å². The largest absolute Gasteiger partial charge is 0.492 e. The van der Waals surface area contributed by atoms with Gasteiger partial charge >= 0.3 is 0 Å². The van der Waals surface area contributed by atoms with Gasteiger partial charge in [-0.05, 0) is 82.1 Å².